The molecule has 0 aliphatic carbocycles. The quantitative estimate of drug-likeness (QED) is 0.590. The van der Waals surface area contributed by atoms with E-state index in [9.17, 15) is 14.9 Å². The third kappa shape index (κ3) is 4.67. The fourth-order valence-electron chi connectivity index (χ4n) is 3.38. The van der Waals surface area contributed by atoms with Crippen molar-refractivity contribution in [2.24, 2.45) is 0 Å². The highest BCUT2D eigenvalue weighted by Gasteiger charge is 2.24. The summed E-state index contributed by atoms with van der Waals surface area (Å²) in [5.74, 6) is -0.326. The van der Waals surface area contributed by atoms with E-state index >= 15 is 0 Å². The van der Waals surface area contributed by atoms with Crippen LogP contribution in [0.1, 0.15) is 27.5 Å². The van der Waals surface area contributed by atoms with Gasteiger partial charge < -0.3 is 10.1 Å². The molecule has 28 heavy (non-hydrogen) atoms. The number of hydrogen-bond acceptors (Lipinski definition) is 5. The van der Waals surface area contributed by atoms with Crippen LogP contribution in [0, 0.1) is 17.0 Å². The first-order valence-electron chi connectivity index (χ1n) is 9.07. The van der Waals surface area contributed by atoms with Crippen LogP contribution < -0.4 is 5.32 Å². The van der Waals surface area contributed by atoms with E-state index in [-0.39, 0.29) is 17.6 Å². The summed E-state index contributed by atoms with van der Waals surface area (Å²) in [4.78, 5) is 25.6. The van der Waals surface area contributed by atoms with Crippen molar-refractivity contribution >= 4 is 23.2 Å². The van der Waals surface area contributed by atoms with Crippen LogP contribution in [0.3, 0.4) is 0 Å². The van der Waals surface area contributed by atoms with Crippen molar-refractivity contribution < 1.29 is 14.5 Å². The van der Waals surface area contributed by atoms with Gasteiger partial charge in [0.05, 0.1) is 24.2 Å². The molecule has 1 saturated heterocycles. The van der Waals surface area contributed by atoms with Crippen molar-refractivity contribution in [3.8, 4) is 0 Å². The number of nitrogens with zero attached hydrogens (tertiary/aromatic N) is 2. The first-order valence-corrected chi connectivity index (χ1v) is 9.44. The van der Waals surface area contributed by atoms with Gasteiger partial charge in [0.1, 0.15) is 0 Å². The number of carbonyl (C=O) groups excluding carboxylic acids is 1. The number of nitro benzene ring substituents is 1. The molecule has 1 unspecified atom stereocenters. The number of nitro groups is 1. The summed E-state index contributed by atoms with van der Waals surface area (Å²) in [5, 5.41) is 14.7. The summed E-state index contributed by atoms with van der Waals surface area (Å²) in [6.45, 7) is 4.77. The molecule has 2 aromatic rings. The fourth-order valence-corrected chi connectivity index (χ4v) is 3.51. The Labute approximate surface area is 168 Å². The number of ether oxygens (including phenoxy) is 1. The van der Waals surface area contributed by atoms with E-state index in [4.69, 9.17) is 16.3 Å². The first-order chi connectivity index (χ1) is 13.5. The minimum Gasteiger partial charge on any atom is -0.379 e. The molecule has 1 fully saturated rings. The molecular weight excluding hydrogens is 382 g/mol. The maximum absolute atomic E-state index is 12.7. The monoisotopic (exact) mass is 403 g/mol. The molecule has 1 atom stereocenters. The van der Waals surface area contributed by atoms with Gasteiger partial charge in [-0.2, -0.15) is 0 Å². The van der Waals surface area contributed by atoms with Crippen molar-refractivity contribution in [1.82, 2.24) is 10.2 Å². The lowest BCUT2D eigenvalue weighted by Crippen LogP contribution is -2.43. The molecule has 148 valence electrons. The molecule has 3 rings (SSSR count). The maximum atomic E-state index is 12.7. The Kier molecular flexibility index (Phi) is 6.61. The number of hydrogen-bond donors (Lipinski definition) is 1. The van der Waals surface area contributed by atoms with Gasteiger partial charge in [0.25, 0.3) is 11.6 Å². The van der Waals surface area contributed by atoms with Crippen LogP contribution in [0.4, 0.5) is 5.69 Å². The number of morpholine rings is 1. The Morgan fingerprint density at radius 3 is 2.57 bits per heavy atom. The second-order valence-electron chi connectivity index (χ2n) is 6.63. The van der Waals surface area contributed by atoms with Gasteiger partial charge in [-0.05, 0) is 30.7 Å². The number of rotatable bonds is 6. The molecule has 7 nitrogen and oxygen atoms in total. The Hall–Kier alpha value is -2.48. The molecular formula is C20H22ClN3O4. The van der Waals surface area contributed by atoms with Crippen molar-refractivity contribution in [3.63, 3.8) is 0 Å². The van der Waals surface area contributed by atoms with Crippen molar-refractivity contribution in [2.45, 2.75) is 13.0 Å². The van der Waals surface area contributed by atoms with Crippen LogP contribution in [0.15, 0.2) is 42.5 Å². The van der Waals surface area contributed by atoms with E-state index in [0.717, 1.165) is 18.7 Å². The first kappa shape index (κ1) is 20.3. The van der Waals surface area contributed by atoms with Gasteiger partial charge >= 0.3 is 0 Å². The van der Waals surface area contributed by atoms with Crippen LogP contribution in [0.5, 0.6) is 0 Å². The zero-order valence-corrected chi connectivity index (χ0v) is 16.3. The Morgan fingerprint density at radius 2 is 1.93 bits per heavy atom. The summed E-state index contributed by atoms with van der Waals surface area (Å²) in [6, 6.07) is 12.1. The molecule has 1 amide bonds. The molecule has 0 aromatic heterocycles. The van der Waals surface area contributed by atoms with Crippen molar-refractivity contribution in [1.29, 1.82) is 0 Å². The molecule has 2 aromatic carbocycles. The number of benzene rings is 2. The third-order valence-corrected chi connectivity index (χ3v) is 5.20. The van der Waals surface area contributed by atoms with Gasteiger partial charge in [0.2, 0.25) is 0 Å². The minimum absolute atomic E-state index is 0.0379. The van der Waals surface area contributed by atoms with Gasteiger partial charge in [0, 0.05) is 41.9 Å². The van der Waals surface area contributed by atoms with Gasteiger partial charge in [-0.25, -0.2) is 0 Å². The minimum atomic E-state index is -0.476. The molecule has 0 saturated carbocycles. The average Bonchev–Trinajstić information content (AvgIpc) is 2.70. The zero-order valence-electron chi connectivity index (χ0n) is 15.6. The third-order valence-electron chi connectivity index (χ3n) is 4.94. The summed E-state index contributed by atoms with van der Waals surface area (Å²) < 4.78 is 5.44. The largest absolute Gasteiger partial charge is 0.379 e. The van der Waals surface area contributed by atoms with E-state index in [1.54, 1.807) is 13.0 Å². The highest BCUT2D eigenvalue weighted by atomic mass is 35.5. The topological polar surface area (TPSA) is 84.7 Å². The Balaban J connectivity index is 1.78. The molecule has 0 radical (unpaired) electrons. The van der Waals surface area contributed by atoms with E-state index in [2.05, 4.69) is 10.2 Å². The molecule has 1 N–H and O–H groups in total. The van der Waals surface area contributed by atoms with Crippen LogP contribution in [0.2, 0.25) is 5.02 Å². The van der Waals surface area contributed by atoms with Crippen molar-refractivity contribution in [2.75, 3.05) is 32.8 Å². The average molecular weight is 404 g/mol. The van der Waals surface area contributed by atoms with Gasteiger partial charge in [-0.15, -0.1) is 0 Å². The van der Waals surface area contributed by atoms with E-state index in [1.165, 1.54) is 12.1 Å². The molecule has 8 heteroatoms. The van der Waals surface area contributed by atoms with E-state index in [1.807, 2.05) is 24.3 Å². The molecule has 1 heterocycles. The molecule has 0 bridgehead atoms. The molecule has 0 spiro atoms. The molecule has 1 aliphatic heterocycles. The summed E-state index contributed by atoms with van der Waals surface area (Å²) >= 11 is 6.01. The Bertz CT molecular complexity index is 851. The standard InChI is InChI=1S/C20H22ClN3O4/c1-14-17(3-2-4-18(14)24(26)27)20(25)22-13-19(23-9-11-28-12-10-23)15-5-7-16(21)8-6-15/h2-8,19H,9-13H2,1H3,(H,22,25). The van der Waals surface area contributed by atoms with Crippen LogP contribution in [0.25, 0.3) is 0 Å². The van der Waals surface area contributed by atoms with Crippen LogP contribution in [-0.2, 0) is 4.74 Å². The Morgan fingerprint density at radius 1 is 1.25 bits per heavy atom. The number of nitrogens with one attached hydrogen (secondary N) is 1. The van der Waals surface area contributed by atoms with Crippen molar-refractivity contribution in [3.05, 3.63) is 74.3 Å². The lowest BCUT2D eigenvalue weighted by Gasteiger charge is -2.35. The predicted molar refractivity (Wildman–Crippen MR) is 107 cm³/mol. The highest BCUT2D eigenvalue weighted by Crippen LogP contribution is 2.24. The normalized spacial score (nSPS) is 15.8. The SMILES string of the molecule is Cc1c(C(=O)NCC(c2ccc(Cl)cc2)N2CCOCC2)cccc1[N+](=O)[O-]. The van der Waals surface area contributed by atoms with Gasteiger partial charge in [0.15, 0.2) is 0 Å². The second kappa shape index (κ2) is 9.14. The lowest BCUT2D eigenvalue weighted by molar-refractivity contribution is -0.385. The number of amides is 1. The maximum Gasteiger partial charge on any atom is 0.273 e. The lowest BCUT2D eigenvalue weighted by atomic mass is 10.0. The number of carbonyl (C=O) groups is 1. The highest BCUT2D eigenvalue weighted by molar-refractivity contribution is 6.30. The van der Waals surface area contributed by atoms with E-state index < -0.39 is 4.92 Å². The summed E-state index contributed by atoms with van der Waals surface area (Å²) in [6.07, 6.45) is 0. The predicted octanol–water partition coefficient (Wildman–Crippen LogP) is 3.36. The molecule has 1 aliphatic rings. The second-order valence-corrected chi connectivity index (χ2v) is 7.07. The van der Waals surface area contributed by atoms with Gasteiger partial charge in [-0.3, -0.25) is 19.8 Å². The fraction of sp³-hybridized carbons (Fsp3) is 0.350. The number of halogens is 1. The van der Waals surface area contributed by atoms with Gasteiger partial charge in [-0.1, -0.05) is 29.8 Å². The van der Waals surface area contributed by atoms with Crippen LogP contribution >= 0.6 is 11.6 Å². The summed E-state index contributed by atoms with van der Waals surface area (Å²) in [5.41, 5.74) is 1.66. The van der Waals surface area contributed by atoms with E-state index in [0.29, 0.717) is 35.9 Å². The van der Waals surface area contributed by atoms with Crippen LogP contribution in [-0.4, -0.2) is 48.6 Å². The smallest absolute Gasteiger partial charge is 0.273 e. The zero-order chi connectivity index (χ0) is 20.1. The summed E-state index contributed by atoms with van der Waals surface area (Å²) in [7, 11) is 0.